The van der Waals surface area contributed by atoms with Crippen molar-refractivity contribution in [2.24, 2.45) is 0 Å². The number of hydrogen-bond donors (Lipinski definition) is 2. The van der Waals surface area contributed by atoms with Gasteiger partial charge in [-0.3, -0.25) is 4.90 Å². The van der Waals surface area contributed by atoms with Crippen LogP contribution in [0.2, 0.25) is 0 Å². The number of likely N-dealkylation sites (tertiary alicyclic amines) is 1. The van der Waals surface area contributed by atoms with E-state index in [1.807, 2.05) is 24.3 Å². The number of thiocarbonyl (C=S) groups is 1. The Hall–Kier alpha value is -2.11. The number of benzene rings is 2. The van der Waals surface area contributed by atoms with E-state index < -0.39 is 0 Å². The summed E-state index contributed by atoms with van der Waals surface area (Å²) in [7, 11) is 1.70. The monoisotopic (exact) mass is 369 g/mol. The Balaban J connectivity index is 1.63. The van der Waals surface area contributed by atoms with E-state index in [1.54, 1.807) is 7.11 Å². The Bertz CT molecular complexity index is 709. The van der Waals surface area contributed by atoms with Crippen LogP contribution in [0.25, 0.3) is 0 Å². The van der Waals surface area contributed by atoms with Gasteiger partial charge in [0.15, 0.2) is 5.11 Å². The highest BCUT2D eigenvalue weighted by Crippen LogP contribution is 2.26. The van der Waals surface area contributed by atoms with Crippen LogP contribution in [0.4, 0.5) is 5.69 Å². The zero-order valence-corrected chi connectivity index (χ0v) is 16.3. The molecule has 2 N–H and O–H groups in total. The van der Waals surface area contributed by atoms with E-state index in [2.05, 4.69) is 46.7 Å². The summed E-state index contributed by atoms with van der Waals surface area (Å²) in [6.45, 7) is 5.13. The molecule has 1 atom stereocenters. The molecule has 1 heterocycles. The van der Waals surface area contributed by atoms with Gasteiger partial charge >= 0.3 is 0 Å². The fraction of sp³-hybridized carbons (Fsp3) is 0.381. The molecule has 1 saturated heterocycles. The van der Waals surface area contributed by atoms with Gasteiger partial charge in [-0.25, -0.2) is 0 Å². The lowest BCUT2D eigenvalue weighted by Crippen LogP contribution is -2.38. The van der Waals surface area contributed by atoms with Gasteiger partial charge in [-0.2, -0.15) is 0 Å². The fourth-order valence-corrected chi connectivity index (χ4v) is 3.54. The van der Waals surface area contributed by atoms with Gasteiger partial charge in [0, 0.05) is 12.2 Å². The van der Waals surface area contributed by atoms with Crippen LogP contribution in [0, 0.1) is 6.92 Å². The standard InChI is InChI=1S/C21H27N3OS/c1-16-5-9-18(10-6-16)23-21(26)22-15-20(24-13-3-4-14-24)17-7-11-19(25-2)12-8-17/h5-12,20H,3-4,13-15H2,1-2H3,(H2,22,23,26)/t20-/m1/s1. The summed E-state index contributed by atoms with van der Waals surface area (Å²) in [6.07, 6.45) is 2.53. The normalized spacial score (nSPS) is 15.5. The summed E-state index contributed by atoms with van der Waals surface area (Å²) in [5.41, 5.74) is 3.54. The molecule has 5 heteroatoms. The Morgan fingerprint density at radius 3 is 2.35 bits per heavy atom. The molecule has 1 fully saturated rings. The van der Waals surface area contributed by atoms with Gasteiger partial charge in [-0.05, 0) is 74.9 Å². The molecule has 0 aromatic heterocycles. The van der Waals surface area contributed by atoms with Gasteiger partial charge in [0.2, 0.25) is 0 Å². The van der Waals surface area contributed by atoms with E-state index in [0.29, 0.717) is 11.2 Å². The third-order valence-corrected chi connectivity index (χ3v) is 5.09. The molecular weight excluding hydrogens is 342 g/mol. The van der Waals surface area contributed by atoms with Crippen molar-refractivity contribution < 1.29 is 4.74 Å². The van der Waals surface area contributed by atoms with Crippen molar-refractivity contribution in [3.8, 4) is 5.75 Å². The van der Waals surface area contributed by atoms with Crippen molar-refractivity contribution >= 4 is 23.0 Å². The number of rotatable bonds is 6. The maximum absolute atomic E-state index is 5.49. The fourth-order valence-electron chi connectivity index (χ4n) is 3.34. The highest BCUT2D eigenvalue weighted by atomic mass is 32.1. The van der Waals surface area contributed by atoms with Crippen molar-refractivity contribution in [1.29, 1.82) is 0 Å². The van der Waals surface area contributed by atoms with E-state index in [1.165, 1.54) is 24.0 Å². The van der Waals surface area contributed by atoms with Gasteiger partial charge in [0.05, 0.1) is 13.2 Å². The highest BCUT2D eigenvalue weighted by molar-refractivity contribution is 7.80. The predicted molar refractivity (Wildman–Crippen MR) is 112 cm³/mol. The van der Waals surface area contributed by atoms with Crippen molar-refractivity contribution in [3.05, 3.63) is 59.7 Å². The number of nitrogens with one attached hydrogen (secondary N) is 2. The molecule has 0 radical (unpaired) electrons. The SMILES string of the molecule is COc1ccc([C@@H](CNC(=S)Nc2ccc(C)cc2)N2CCCC2)cc1. The molecular formula is C21H27N3OS. The number of methoxy groups -OCH3 is 1. The van der Waals surface area contributed by atoms with Crippen LogP contribution in [0.5, 0.6) is 5.75 Å². The minimum atomic E-state index is 0.307. The second-order valence-electron chi connectivity index (χ2n) is 6.73. The molecule has 1 aliphatic heterocycles. The Labute approximate surface area is 161 Å². The van der Waals surface area contributed by atoms with Gasteiger partial charge in [0.1, 0.15) is 5.75 Å². The van der Waals surface area contributed by atoms with E-state index in [9.17, 15) is 0 Å². The number of hydrogen-bond acceptors (Lipinski definition) is 3. The van der Waals surface area contributed by atoms with E-state index in [-0.39, 0.29) is 0 Å². The lowest BCUT2D eigenvalue weighted by molar-refractivity contribution is 0.246. The molecule has 138 valence electrons. The maximum Gasteiger partial charge on any atom is 0.170 e. The first-order valence-electron chi connectivity index (χ1n) is 9.15. The van der Waals surface area contributed by atoms with Crippen LogP contribution in [-0.2, 0) is 0 Å². The minimum absolute atomic E-state index is 0.307. The quantitative estimate of drug-likeness (QED) is 0.749. The Morgan fingerprint density at radius 1 is 1.08 bits per heavy atom. The summed E-state index contributed by atoms with van der Waals surface area (Å²) < 4.78 is 5.29. The largest absolute Gasteiger partial charge is 0.497 e. The minimum Gasteiger partial charge on any atom is -0.497 e. The van der Waals surface area contributed by atoms with Crippen LogP contribution >= 0.6 is 12.2 Å². The molecule has 0 amide bonds. The first-order valence-corrected chi connectivity index (χ1v) is 9.56. The second-order valence-corrected chi connectivity index (χ2v) is 7.14. The molecule has 0 bridgehead atoms. The number of aryl methyl sites for hydroxylation is 1. The van der Waals surface area contributed by atoms with E-state index >= 15 is 0 Å². The maximum atomic E-state index is 5.49. The van der Waals surface area contributed by atoms with Crippen molar-refractivity contribution in [1.82, 2.24) is 10.2 Å². The number of nitrogens with zero attached hydrogens (tertiary/aromatic N) is 1. The van der Waals surface area contributed by atoms with Crippen LogP contribution in [0.3, 0.4) is 0 Å². The van der Waals surface area contributed by atoms with Crippen LogP contribution in [0.1, 0.15) is 30.0 Å². The molecule has 2 aromatic rings. The molecule has 0 unspecified atom stereocenters. The second kappa shape index (κ2) is 9.01. The van der Waals surface area contributed by atoms with Crippen LogP contribution < -0.4 is 15.4 Å². The van der Waals surface area contributed by atoms with Crippen molar-refractivity contribution in [3.63, 3.8) is 0 Å². The molecule has 0 spiro atoms. The molecule has 0 aliphatic carbocycles. The summed E-state index contributed by atoms with van der Waals surface area (Å²) in [5, 5.41) is 7.32. The molecule has 0 saturated carbocycles. The Kier molecular flexibility index (Phi) is 6.47. The summed E-state index contributed by atoms with van der Waals surface area (Å²) in [5.74, 6) is 0.887. The molecule has 4 nitrogen and oxygen atoms in total. The molecule has 2 aromatic carbocycles. The topological polar surface area (TPSA) is 36.5 Å². The third-order valence-electron chi connectivity index (χ3n) is 4.85. The summed E-state index contributed by atoms with van der Waals surface area (Å²) in [6, 6.07) is 16.9. The smallest absolute Gasteiger partial charge is 0.170 e. The lowest BCUT2D eigenvalue weighted by atomic mass is 10.1. The third kappa shape index (κ3) is 4.96. The van der Waals surface area contributed by atoms with Gasteiger partial charge in [0.25, 0.3) is 0 Å². The van der Waals surface area contributed by atoms with Gasteiger partial charge in [-0.1, -0.05) is 29.8 Å². The van der Waals surface area contributed by atoms with Crippen LogP contribution in [0.15, 0.2) is 48.5 Å². The first kappa shape index (κ1) is 18.7. The van der Waals surface area contributed by atoms with Crippen molar-refractivity contribution in [2.45, 2.75) is 25.8 Å². The lowest BCUT2D eigenvalue weighted by Gasteiger charge is -2.29. The molecule has 1 aliphatic rings. The summed E-state index contributed by atoms with van der Waals surface area (Å²) in [4.78, 5) is 2.53. The van der Waals surface area contributed by atoms with Gasteiger partial charge in [-0.15, -0.1) is 0 Å². The van der Waals surface area contributed by atoms with Crippen LogP contribution in [-0.4, -0.2) is 36.8 Å². The Morgan fingerprint density at radius 2 is 1.73 bits per heavy atom. The molecule has 3 rings (SSSR count). The first-order chi connectivity index (χ1) is 12.7. The van der Waals surface area contributed by atoms with Crippen molar-refractivity contribution in [2.75, 3.05) is 32.1 Å². The average molecular weight is 370 g/mol. The predicted octanol–water partition coefficient (Wildman–Crippen LogP) is 4.13. The summed E-state index contributed by atoms with van der Waals surface area (Å²) >= 11 is 5.49. The molecule has 26 heavy (non-hydrogen) atoms. The van der Waals surface area contributed by atoms with E-state index in [4.69, 9.17) is 17.0 Å². The zero-order chi connectivity index (χ0) is 18.4. The number of ether oxygens (including phenoxy) is 1. The van der Waals surface area contributed by atoms with E-state index in [0.717, 1.165) is 31.1 Å². The average Bonchev–Trinajstić information content (AvgIpc) is 3.19. The zero-order valence-electron chi connectivity index (χ0n) is 15.5. The van der Waals surface area contributed by atoms with Gasteiger partial charge < -0.3 is 15.4 Å². The highest BCUT2D eigenvalue weighted by Gasteiger charge is 2.23. The number of anilines is 1.